The molecule has 0 saturated heterocycles. The fourth-order valence-electron chi connectivity index (χ4n) is 3.12. The van der Waals surface area contributed by atoms with Gasteiger partial charge in [-0.05, 0) is 42.0 Å². The molecule has 0 aliphatic carbocycles. The number of carbonyl (C=O) groups is 1. The second-order valence-corrected chi connectivity index (χ2v) is 12.8. The van der Waals surface area contributed by atoms with Gasteiger partial charge in [-0.3, -0.25) is 4.79 Å². The van der Waals surface area contributed by atoms with Crippen molar-refractivity contribution in [2.24, 2.45) is 5.41 Å². The third kappa shape index (κ3) is 5.90. The lowest BCUT2D eigenvalue weighted by Crippen LogP contribution is -2.36. The predicted molar refractivity (Wildman–Crippen MR) is 134 cm³/mol. The van der Waals surface area contributed by atoms with Gasteiger partial charge in [-0.2, -0.15) is 0 Å². The van der Waals surface area contributed by atoms with Gasteiger partial charge in [0, 0.05) is 5.41 Å². The molecule has 186 valence electrons. The summed E-state index contributed by atoms with van der Waals surface area (Å²) in [7, 11) is -7.47. The monoisotopic (exact) mass is 516 g/mol. The molecular formula is C25H28N2O6S2. The summed E-state index contributed by atoms with van der Waals surface area (Å²) in [6.07, 6.45) is 0. The summed E-state index contributed by atoms with van der Waals surface area (Å²) >= 11 is 0. The van der Waals surface area contributed by atoms with E-state index < -0.39 is 32.0 Å². The highest BCUT2D eigenvalue weighted by molar-refractivity contribution is 8.04. The van der Waals surface area contributed by atoms with E-state index in [0.717, 1.165) is 0 Å². The Hall–Kier alpha value is -3.21. The maximum atomic E-state index is 13.5. The number of carbonyl (C=O) groups excluding carboxylic acids is 1. The van der Waals surface area contributed by atoms with Crippen LogP contribution in [0.5, 0.6) is 5.75 Å². The van der Waals surface area contributed by atoms with Gasteiger partial charge in [0.25, 0.3) is 20.0 Å². The molecule has 0 atom stereocenters. The van der Waals surface area contributed by atoms with Crippen LogP contribution in [-0.4, -0.2) is 33.6 Å². The first-order chi connectivity index (χ1) is 16.4. The maximum Gasteiger partial charge on any atom is 0.256 e. The Balaban J connectivity index is 2.07. The van der Waals surface area contributed by atoms with Gasteiger partial charge in [0.2, 0.25) is 5.91 Å². The first kappa shape index (κ1) is 26.4. The molecular weight excluding hydrogens is 488 g/mol. The Bertz CT molecular complexity index is 1330. The molecule has 0 heterocycles. The van der Waals surface area contributed by atoms with E-state index in [1.165, 1.54) is 61.7 Å². The van der Waals surface area contributed by atoms with Crippen LogP contribution in [-0.2, 0) is 31.4 Å². The Morgan fingerprint density at radius 2 is 1.31 bits per heavy atom. The van der Waals surface area contributed by atoms with Crippen molar-refractivity contribution in [3.63, 3.8) is 0 Å². The van der Waals surface area contributed by atoms with Crippen molar-refractivity contribution in [3.05, 3.63) is 84.4 Å². The lowest BCUT2D eigenvalue weighted by Gasteiger charge is -2.23. The van der Waals surface area contributed by atoms with E-state index in [4.69, 9.17) is 4.74 Å². The number of hydrogen-bond acceptors (Lipinski definition) is 6. The minimum atomic E-state index is -4.44. The van der Waals surface area contributed by atoms with E-state index in [0.29, 0.717) is 15.0 Å². The fraction of sp³-hybridized carbons (Fsp3) is 0.240. The van der Waals surface area contributed by atoms with Crippen LogP contribution in [0.2, 0.25) is 0 Å². The number of anilines is 1. The third-order valence-electron chi connectivity index (χ3n) is 5.13. The lowest BCUT2D eigenvalue weighted by molar-refractivity contribution is -0.123. The predicted octanol–water partition coefficient (Wildman–Crippen LogP) is 4.26. The van der Waals surface area contributed by atoms with E-state index >= 15 is 0 Å². The van der Waals surface area contributed by atoms with E-state index in [2.05, 4.69) is 5.32 Å². The van der Waals surface area contributed by atoms with Crippen molar-refractivity contribution in [2.75, 3.05) is 12.4 Å². The van der Waals surface area contributed by atoms with Gasteiger partial charge in [0.05, 0.1) is 29.1 Å². The van der Waals surface area contributed by atoms with Crippen LogP contribution in [0.25, 0.3) is 0 Å². The summed E-state index contributed by atoms with van der Waals surface area (Å²) in [5, 5.41) is 2.78. The van der Waals surface area contributed by atoms with Crippen LogP contribution in [0.1, 0.15) is 26.3 Å². The first-order valence-corrected chi connectivity index (χ1v) is 13.6. The van der Waals surface area contributed by atoms with Gasteiger partial charge in [-0.15, -0.1) is 0 Å². The quantitative estimate of drug-likeness (QED) is 0.479. The van der Waals surface area contributed by atoms with Crippen molar-refractivity contribution in [3.8, 4) is 5.75 Å². The van der Waals surface area contributed by atoms with Gasteiger partial charge in [-0.1, -0.05) is 66.9 Å². The minimum Gasteiger partial charge on any atom is -0.495 e. The van der Waals surface area contributed by atoms with Crippen LogP contribution >= 0.6 is 0 Å². The molecule has 0 spiro atoms. The Morgan fingerprint density at radius 3 is 1.74 bits per heavy atom. The molecule has 0 aromatic heterocycles. The Labute approximate surface area is 206 Å². The number of nitrogens with zero attached hydrogens (tertiary/aromatic N) is 1. The minimum absolute atomic E-state index is 0.152. The molecule has 10 heteroatoms. The second-order valence-electron chi connectivity index (χ2n) is 8.81. The van der Waals surface area contributed by atoms with E-state index in [-0.39, 0.29) is 21.4 Å². The Kier molecular flexibility index (Phi) is 7.68. The van der Waals surface area contributed by atoms with Crippen LogP contribution in [0.15, 0.2) is 88.7 Å². The smallest absolute Gasteiger partial charge is 0.256 e. The highest BCUT2D eigenvalue weighted by atomic mass is 32.3. The van der Waals surface area contributed by atoms with Crippen LogP contribution < -0.4 is 10.1 Å². The van der Waals surface area contributed by atoms with Crippen LogP contribution in [0.4, 0.5) is 5.69 Å². The number of hydrogen-bond donors (Lipinski definition) is 1. The van der Waals surface area contributed by atoms with Crippen molar-refractivity contribution < 1.29 is 26.4 Å². The van der Waals surface area contributed by atoms with E-state index in [1.54, 1.807) is 45.0 Å². The zero-order chi connectivity index (χ0) is 25.9. The van der Waals surface area contributed by atoms with Crippen molar-refractivity contribution in [1.82, 2.24) is 3.71 Å². The van der Waals surface area contributed by atoms with Crippen LogP contribution in [0, 0.1) is 5.41 Å². The molecule has 8 nitrogen and oxygen atoms in total. The van der Waals surface area contributed by atoms with Gasteiger partial charge < -0.3 is 10.1 Å². The fourth-order valence-corrected chi connectivity index (χ4v) is 6.78. The molecule has 0 radical (unpaired) electrons. The number of ether oxygens (including phenoxy) is 1. The van der Waals surface area contributed by atoms with Crippen molar-refractivity contribution in [2.45, 2.75) is 37.1 Å². The molecule has 3 aromatic rings. The number of amides is 1. The molecule has 35 heavy (non-hydrogen) atoms. The van der Waals surface area contributed by atoms with Gasteiger partial charge in [-0.25, -0.2) is 16.8 Å². The molecule has 1 N–H and O–H groups in total. The summed E-state index contributed by atoms with van der Waals surface area (Å²) in [4.78, 5) is 12.1. The molecule has 0 aliphatic rings. The molecule has 1 amide bonds. The number of nitrogens with one attached hydrogen (secondary N) is 1. The van der Waals surface area contributed by atoms with Gasteiger partial charge in [0.15, 0.2) is 0 Å². The summed E-state index contributed by atoms with van der Waals surface area (Å²) < 4.78 is 59.8. The average Bonchev–Trinajstić information content (AvgIpc) is 2.83. The highest BCUT2D eigenvalue weighted by Gasteiger charge is 2.36. The van der Waals surface area contributed by atoms with Crippen molar-refractivity contribution in [1.29, 1.82) is 0 Å². The average molecular weight is 517 g/mol. The number of methoxy groups -OCH3 is 1. The summed E-state index contributed by atoms with van der Waals surface area (Å²) in [5.41, 5.74) is 0.0998. The molecule has 0 unspecified atom stereocenters. The number of benzene rings is 3. The molecule has 0 fully saturated rings. The van der Waals surface area contributed by atoms with Crippen molar-refractivity contribution >= 4 is 31.6 Å². The highest BCUT2D eigenvalue weighted by Crippen LogP contribution is 2.31. The maximum absolute atomic E-state index is 13.5. The van der Waals surface area contributed by atoms with E-state index in [1.807, 2.05) is 0 Å². The first-order valence-electron chi connectivity index (χ1n) is 10.7. The third-order valence-corrected chi connectivity index (χ3v) is 9.37. The van der Waals surface area contributed by atoms with Gasteiger partial charge in [0.1, 0.15) is 5.75 Å². The summed E-state index contributed by atoms with van der Waals surface area (Å²) in [6, 6.07) is 19.4. The molecule has 0 bridgehead atoms. The Morgan fingerprint density at radius 1 is 0.829 bits per heavy atom. The molecule has 3 rings (SSSR count). The molecule has 3 aromatic carbocycles. The lowest BCUT2D eigenvalue weighted by atomic mass is 9.95. The number of rotatable bonds is 8. The van der Waals surface area contributed by atoms with Crippen LogP contribution in [0.3, 0.4) is 0 Å². The normalized spacial score (nSPS) is 12.4. The zero-order valence-corrected chi connectivity index (χ0v) is 21.6. The van der Waals surface area contributed by atoms with E-state index in [9.17, 15) is 21.6 Å². The molecule has 0 saturated carbocycles. The summed E-state index contributed by atoms with van der Waals surface area (Å²) in [5.74, 6) is 0.0396. The molecule has 0 aliphatic heterocycles. The second kappa shape index (κ2) is 10.2. The van der Waals surface area contributed by atoms with Gasteiger partial charge >= 0.3 is 0 Å². The number of sulfonamides is 2. The largest absolute Gasteiger partial charge is 0.495 e. The zero-order valence-electron chi connectivity index (χ0n) is 19.9. The topological polar surface area (TPSA) is 110 Å². The standard InChI is InChI=1S/C25H28N2O6S2/c1-25(2,3)24(28)26-22-16-15-19(17-23(22)33-4)18-27(34(29,30)20-11-7-5-8-12-20)35(31,32)21-13-9-6-10-14-21/h5-17H,18H2,1-4H3,(H,26,28). The SMILES string of the molecule is COc1cc(CN(S(=O)(=O)c2ccccc2)S(=O)(=O)c2ccccc2)ccc1NC(=O)C(C)(C)C. The summed E-state index contributed by atoms with van der Waals surface area (Å²) in [6.45, 7) is 4.83.